The lowest BCUT2D eigenvalue weighted by Crippen LogP contribution is -2.37. The third-order valence-electron chi connectivity index (χ3n) is 3.22. The second-order valence-electron chi connectivity index (χ2n) is 4.35. The van der Waals surface area contributed by atoms with E-state index in [1.807, 2.05) is 17.3 Å². The number of hydrogen-bond donors (Lipinski definition) is 1. The van der Waals surface area contributed by atoms with Crippen LogP contribution in [-0.2, 0) is 0 Å². The van der Waals surface area contributed by atoms with Crippen molar-refractivity contribution >= 4 is 41.3 Å². The summed E-state index contributed by atoms with van der Waals surface area (Å²) in [5.74, 6) is 0.0527. The van der Waals surface area contributed by atoms with Gasteiger partial charge in [-0.15, -0.1) is 23.7 Å². The molecule has 1 amide bonds. The molecule has 1 N–H and O–H groups in total. The van der Waals surface area contributed by atoms with Crippen LogP contribution in [0.15, 0.2) is 11.4 Å². The van der Waals surface area contributed by atoms with Crippen LogP contribution in [0.1, 0.15) is 28.9 Å². The maximum absolute atomic E-state index is 12.3. The Balaban J connectivity index is 0.00000162. The summed E-state index contributed by atoms with van der Waals surface area (Å²) >= 11 is 7.42. The van der Waals surface area contributed by atoms with Crippen LogP contribution in [0, 0.1) is 0 Å². The third kappa shape index (κ3) is 3.60. The van der Waals surface area contributed by atoms with E-state index in [1.165, 1.54) is 11.3 Å². The molecule has 1 aromatic rings. The van der Waals surface area contributed by atoms with Gasteiger partial charge >= 0.3 is 0 Å². The molecule has 2 heterocycles. The standard InChI is InChI=1S/C12H17ClN2OS.ClH/c1-15(9-3-2-6-14-7-4-9)12(16)11-10(13)5-8-17-11;/h5,8-9,14H,2-4,6-7H2,1H3;1H. The SMILES string of the molecule is CN(C(=O)c1sccc1Cl)C1CCCNCC1.Cl. The molecule has 0 saturated carbocycles. The van der Waals surface area contributed by atoms with Gasteiger partial charge in [0.15, 0.2) is 0 Å². The Morgan fingerprint density at radius 1 is 1.50 bits per heavy atom. The van der Waals surface area contributed by atoms with Gasteiger partial charge in [0.25, 0.3) is 5.91 Å². The Kier molecular flexibility index (Phi) is 6.43. The molecule has 2 rings (SSSR count). The Morgan fingerprint density at radius 3 is 2.94 bits per heavy atom. The van der Waals surface area contributed by atoms with E-state index in [0.29, 0.717) is 15.9 Å². The van der Waals surface area contributed by atoms with E-state index in [9.17, 15) is 4.79 Å². The van der Waals surface area contributed by atoms with Crippen molar-refractivity contribution in [1.82, 2.24) is 10.2 Å². The van der Waals surface area contributed by atoms with Gasteiger partial charge in [-0.1, -0.05) is 11.6 Å². The molecule has 1 aliphatic heterocycles. The van der Waals surface area contributed by atoms with Crippen molar-refractivity contribution in [2.45, 2.75) is 25.3 Å². The van der Waals surface area contributed by atoms with Gasteiger partial charge in [0, 0.05) is 13.1 Å². The molecular weight excluding hydrogens is 291 g/mol. The molecule has 0 bridgehead atoms. The van der Waals surface area contributed by atoms with E-state index in [1.54, 1.807) is 6.07 Å². The summed E-state index contributed by atoms with van der Waals surface area (Å²) in [6, 6.07) is 2.11. The first-order chi connectivity index (χ1) is 8.20. The quantitative estimate of drug-likeness (QED) is 0.911. The molecule has 1 saturated heterocycles. The van der Waals surface area contributed by atoms with Gasteiger partial charge in [-0.2, -0.15) is 0 Å². The first-order valence-corrected chi connectivity index (χ1v) is 7.17. The third-order valence-corrected chi connectivity index (χ3v) is 4.55. The number of halogens is 2. The molecular formula is C12H18Cl2N2OS. The van der Waals surface area contributed by atoms with Crippen LogP contribution < -0.4 is 5.32 Å². The molecule has 0 aromatic carbocycles. The van der Waals surface area contributed by atoms with Crippen molar-refractivity contribution in [1.29, 1.82) is 0 Å². The predicted molar refractivity (Wildman–Crippen MR) is 79.2 cm³/mol. The molecule has 1 aliphatic rings. The molecule has 102 valence electrons. The van der Waals surface area contributed by atoms with Crippen molar-refractivity contribution < 1.29 is 4.79 Å². The van der Waals surface area contributed by atoms with Crippen molar-refractivity contribution in [3.8, 4) is 0 Å². The van der Waals surface area contributed by atoms with E-state index < -0.39 is 0 Å². The van der Waals surface area contributed by atoms with Crippen LogP contribution in [0.4, 0.5) is 0 Å². The van der Waals surface area contributed by atoms with Gasteiger partial charge in [-0.25, -0.2) is 0 Å². The van der Waals surface area contributed by atoms with Crippen LogP contribution in [0.5, 0.6) is 0 Å². The fourth-order valence-electron chi connectivity index (χ4n) is 2.16. The normalized spacial score (nSPS) is 19.8. The Bertz CT molecular complexity index is 389. The topological polar surface area (TPSA) is 32.3 Å². The van der Waals surface area contributed by atoms with Crippen molar-refractivity contribution in [2.75, 3.05) is 20.1 Å². The van der Waals surface area contributed by atoms with Crippen LogP contribution in [0.3, 0.4) is 0 Å². The maximum atomic E-state index is 12.3. The Morgan fingerprint density at radius 2 is 2.28 bits per heavy atom. The van der Waals surface area contributed by atoms with Crippen molar-refractivity contribution in [3.63, 3.8) is 0 Å². The maximum Gasteiger partial charge on any atom is 0.265 e. The monoisotopic (exact) mass is 308 g/mol. The average Bonchev–Trinajstić information content (AvgIpc) is 2.60. The number of carbonyl (C=O) groups is 1. The Labute approximate surface area is 123 Å². The van der Waals surface area contributed by atoms with E-state index in [0.717, 1.165) is 32.4 Å². The molecule has 1 atom stereocenters. The minimum atomic E-state index is 0. The minimum absolute atomic E-state index is 0. The molecule has 0 radical (unpaired) electrons. The number of thiophene rings is 1. The molecule has 3 nitrogen and oxygen atoms in total. The average molecular weight is 309 g/mol. The largest absolute Gasteiger partial charge is 0.338 e. The molecule has 1 fully saturated rings. The predicted octanol–water partition coefficient (Wildman–Crippen LogP) is 3.04. The first-order valence-electron chi connectivity index (χ1n) is 5.91. The van der Waals surface area contributed by atoms with Gasteiger partial charge in [0.2, 0.25) is 0 Å². The Hall–Kier alpha value is -0.290. The van der Waals surface area contributed by atoms with Crippen molar-refractivity contribution in [3.05, 3.63) is 21.3 Å². The summed E-state index contributed by atoms with van der Waals surface area (Å²) in [5, 5.41) is 5.78. The molecule has 1 unspecified atom stereocenters. The lowest BCUT2D eigenvalue weighted by atomic mass is 10.1. The zero-order chi connectivity index (χ0) is 12.3. The van der Waals surface area contributed by atoms with Crippen LogP contribution >= 0.6 is 35.3 Å². The summed E-state index contributed by atoms with van der Waals surface area (Å²) in [6.45, 7) is 2.04. The van der Waals surface area contributed by atoms with Crippen LogP contribution in [-0.4, -0.2) is 37.0 Å². The first kappa shape index (κ1) is 15.8. The molecule has 1 aromatic heterocycles. The van der Waals surface area contributed by atoms with E-state index in [4.69, 9.17) is 11.6 Å². The van der Waals surface area contributed by atoms with Crippen LogP contribution in [0.2, 0.25) is 5.02 Å². The number of carbonyl (C=O) groups excluding carboxylic acids is 1. The highest BCUT2D eigenvalue weighted by atomic mass is 35.5. The molecule has 18 heavy (non-hydrogen) atoms. The van der Waals surface area contributed by atoms with Gasteiger partial charge < -0.3 is 10.2 Å². The van der Waals surface area contributed by atoms with Crippen molar-refractivity contribution in [2.24, 2.45) is 0 Å². The van der Waals surface area contributed by atoms with Gasteiger partial charge in [0.05, 0.1) is 5.02 Å². The molecule has 0 spiro atoms. The highest BCUT2D eigenvalue weighted by Gasteiger charge is 2.24. The lowest BCUT2D eigenvalue weighted by molar-refractivity contribution is 0.0725. The van der Waals surface area contributed by atoms with Gasteiger partial charge in [-0.3, -0.25) is 4.79 Å². The number of nitrogens with zero attached hydrogens (tertiary/aromatic N) is 1. The second kappa shape index (κ2) is 7.34. The smallest absolute Gasteiger partial charge is 0.265 e. The van der Waals surface area contributed by atoms with E-state index in [-0.39, 0.29) is 18.3 Å². The molecule has 6 heteroatoms. The summed E-state index contributed by atoms with van der Waals surface area (Å²) in [6.07, 6.45) is 3.21. The minimum Gasteiger partial charge on any atom is -0.338 e. The van der Waals surface area contributed by atoms with E-state index >= 15 is 0 Å². The number of hydrogen-bond acceptors (Lipinski definition) is 3. The van der Waals surface area contributed by atoms with E-state index in [2.05, 4.69) is 5.32 Å². The van der Waals surface area contributed by atoms with Gasteiger partial charge in [-0.05, 0) is 43.8 Å². The highest BCUT2D eigenvalue weighted by Crippen LogP contribution is 2.25. The summed E-state index contributed by atoms with van der Waals surface area (Å²) < 4.78 is 0. The second-order valence-corrected chi connectivity index (χ2v) is 5.67. The molecule has 0 aliphatic carbocycles. The number of rotatable bonds is 2. The summed E-state index contributed by atoms with van der Waals surface area (Å²) in [5.41, 5.74) is 0. The zero-order valence-corrected chi connectivity index (χ0v) is 12.7. The summed E-state index contributed by atoms with van der Waals surface area (Å²) in [7, 11) is 1.88. The summed E-state index contributed by atoms with van der Waals surface area (Å²) in [4.78, 5) is 14.8. The lowest BCUT2D eigenvalue weighted by Gasteiger charge is -2.26. The van der Waals surface area contributed by atoms with Gasteiger partial charge in [0.1, 0.15) is 4.88 Å². The van der Waals surface area contributed by atoms with Crippen LogP contribution in [0.25, 0.3) is 0 Å². The fraction of sp³-hybridized carbons (Fsp3) is 0.583. The number of amides is 1. The fourth-order valence-corrected chi connectivity index (χ4v) is 3.28. The number of nitrogens with one attached hydrogen (secondary N) is 1. The zero-order valence-electron chi connectivity index (χ0n) is 10.3. The highest BCUT2D eigenvalue weighted by molar-refractivity contribution is 7.12.